The van der Waals surface area contributed by atoms with Crippen LogP contribution >= 0.6 is 0 Å². The van der Waals surface area contributed by atoms with Crippen molar-refractivity contribution in [2.75, 3.05) is 13.2 Å². The quantitative estimate of drug-likeness (QED) is 0.598. The summed E-state index contributed by atoms with van der Waals surface area (Å²) in [5.74, 6) is 0.759. The van der Waals surface area contributed by atoms with E-state index in [0.29, 0.717) is 12.0 Å². The van der Waals surface area contributed by atoms with Crippen LogP contribution in [0.15, 0.2) is 36.5 Å². The fourth-order valence-corrected chi connectivity index (χ4v) is 3.19. The molecule has 0 radical (unpaired) electrons. The van der Waals surface area contributed by atoms with Crippen molar-refractivity contribution < 1.29 is 14.3 Å². The summed E-state index contributed by atoms with van der Waals surface area (Å²) < 4.78 is 11.1. The van der Waals surface area contributed by atoms with Crippen LogP contribution in [-0.4, -0.2) is 24.2 Å². The number of fused-ring (bicyclic) bond motifs is 1. The number of hydrogen-bond acceptors (Lipinski definition) is 4. The molecule has 0 saturated heterocycles. The molecule has 1 aromatic heterocycles. The van der Waals surface area contributed by atoms with Crippen molar-refractivity contribution >= 4 is 16.9 Å². The van der Waals surface area contributed by atoms with Gasteiger partial charge in [0.05, 0.1) is 11.4 Å². The van der Waals surface area contributed by atoms with Crippen LogP contribution in [0.25, 0.3) is 10.9 Å². The Kier molecular flexibility index (Phi) is 4.51. The van der Waals surface area contributed by atoms with Gasteiger partial charge in [0.15, 0.2) is 0 Å². The first-order chi connectivity index (χ1) is 11.1. The van der Waals surface area contributed by atoms with Crippen LogP contribution in [-0.2, 0) is 9.53 Å². The van der Waals surface area contributed by atoms with Crippen LogP contribution in [0.1, 0.15) is 33.1 Å². The highest BCUT2D eigenvalue weighted by atomic mass is 16.6. The Balaban J connectivity index is 1.46. The molecule has 1 aliphatic carbocycles. The maximum atomic E-state index is 12.0. The summed E-state index contributed by atoms with van der Waals surface area (Å²) in [6, 6.07) is 9.66. The second-order valence-electron chi connectivity index (χ2n) is 6.61. The lowest BCUT2D eigenvalue weighted by Crippen LogP contribution is -2.39. The lowest BCUT2D eigenvalue weighted by molar-refractivity contribution is -0.157. The number of carbonyl (C=O) groups is 1. The van der Waals surface area contributed by atoms with Gasteiger partial charge < -0.3 is 9.47 Å². The lowest BCUT2D eigenvalue weighted by atomic mass is 9.62. The fraction of sp³-hybridized carbons (Fsp3) is 0.474. The Hall–Kier alpha value is -2.10. The number of hydrogen-bond donors (Lipinski definition) is 0. The molecule has 0 amide bonds. The van der Waals surface area contributed by atoms with E-state index in [1.54, 1.807) is 6.20 Å². The maximum Gasteiger partial charge on any atom is 0.309 e. The van der Waals surface area contributed by atoms with Gasteiger partial charge in [0.2, 0.25) is 0 Å². The number of benzene rings is 1. The van der Waals surface area contributed by atoms with Gasteiger partial charge in [-0.15, -0.1) is 0 Å². The molecular formula is C19H23NO3. The Labute approximate surface area is 136 Å². The third-order valence-electron chi connectivity index (χ3n) is 4.86. The van der Waals surface area contributed by atoms with Crippen LogP contribution in [0.3, 0.4) is 0 Å². The topological polar surface area (TPSA) is 48.4 Å². The average Bonchev–Trinajstić information content (AvgIpc) is 2.55. The SMILES string of the molecule is CCC1(C)CC(C(=O)OCCOc2ccnc3ccccc23)C1. The first kappa shape index (κ1) is 15.8. The molecule has 4 nitrogen and oxygen atoms in total. The van der Waals surface area contributed by atoms with Gasteiger partial charge in [-0.2, -0.15) is 0 Å². The van der Waals surface area contributed by atoms with Crippen molar-refractivity contribution in [3.8, 4) is 5.75 Å². The number of para-hydroxylation sites is 1. The Morgan fingerprint density at radius 2 is 2.04 bits per heavy atom. The second kappa shape index (κ2) is 6.57. The summed E-state index contributed by atoms with van der Waals surface area (Å²) in [5.41, 5.74) is 1.23. The summed E-state index contributed by atoms with van der Waals surface area (Å²) in [5, 5.41) is 0.971. The van der Waals surface area contributed by atoms with E-state index in [9.17, 15) is 4.79 Å². The highest BCUT2D eigenvalue weighted by Gasteiger charge is 2.43. The second-order valence-corrected chi connectivity index (χ2v) is 6.61. The molecule has 1 aromatic carbocycles. The molecule has 0 bridgehead atoms. The minimum Gasteiger partial charge on any atom is -0.489 e. The van der Waals surface area contributed by atoms with Crippen LogP contribution in [0.2, 0.25) is 0 Å². The molecule has 23 heavy (non-hydrogen) atoms. The standard InChI is InChI=1S/C19H23NO3/c1-3-19(2)12-14(13-19)18(21)23-11-10-22-17-8-9-20-16-7-5-4-6-15(16)17/h4-9,14H,3,10-13H2,1-2H3. The summed E-state index contributed by atoms with van der Waals surface area (Å²) in [4.78, 5) is 16.3. The molecule has 1 saturated carbocycles. The van der Waals surface area contributed by atoms with Crippen LogP contribution in [0.4, 0.5) is 0 Å². The molecule has 0 N–H and O–H groups in total. The summed E-state index contributed by atoms with van der Waals surface area (Å²) in [7, 11) is 0. The predicted molar refractivity (Wildman–Crippen MR) is 89.3 cm³/mol. The van der Waals surface area contributed by atoms with E-state index in [2.05, 4.69) is 18.8 Å². The molecule has 0 unspecified atom stereocenters. The number of aromatic nitrogens is 1. The van der Waals surface area contributed by atoms with Crippen molar-refractivity contribution in [1.82, 2.24) is 4.98 Å². The first-order valence-corrected chi connectivity index (χ1v) is 8.24. The van der Waals surface area contributed by atoms with E-state index in [1.807, 2.05) is 30.3 Å². The molecule has 2 aromatic rings. The third kappa shape index (κ3) is 3.46. The molecule has 1 fully saturated rings. The number of rotatable bonds is 6. The minimum atomic E-state index is -0.0842. The minimum absolute atomic E-state index is 0.0710. The number of ether oxygens (including phenoxy) is 2. The molecular weight excluding hydrogens is 290 g/mol. The van der Waals surface area contributed by atoms with E-state index < -0.39 is 0 Å². The molecule has 0 spiro atoms. The lowest BCUT2D eigenvalue weighted by Gasteiger charge is -2.43. The van der Waals surface area contributed by atoms with Crippen molar-refractivity contribution in [3.63, 3.8) is 0 Å². The highest BCUT2D eigenvalue weighted by molar-refractivity contribution is 5.84. The zero-order valence-electron chi connectivity index (χ0n) is 13.7. The monoisotopic (exact) mass is 313 g/mol. The molecule has 122 valence electrons. The Bertz CT molecular complexity index is 687. The van der Waals surface area contributed by atoms with Gasteiger partial charge in [0, 0.05) is 11.6 Å². The summed E-state index contributed by atoms with van der Waals surface area (Å²) >= 11 is 0. The van der Waals surface area contributed by atoms with E-state index >= 15 is 0 Å². The average molecular weight is 313 g/mol. The van der Waals surface area contributed by atoms with E-state index in [0.717, 1.165) is 35.9 Å². The number of nitrogens with zero attached hydrogens (tertiary/aromatic N) is 1. The van der Waals surface area contributed by atoms with E-state index in [1.165, 1.54) is 0 Å². The van der Waals surface area contributed by atoms with Gasteiger partial charge >= 0.3 is 5.97 Å². The molecule has 1 aliphatic rings. The molecule has 0 aliphatic heterocycles. The summed E-state index contributed by atoms with van der Waals surface area (Å²) in [6.07, 6.45) is 4.73. The van der Waals surface area contributed by atoms with Gasteiger partial charge in [0.1, 0.15) is 19.0 Å². The summed E-state index contributed by atoms with van der Waals surface area (Å²) in [6.45, 7) is 5.05. The molecule has 4 heteroatoms. The largest absolute Gasteiger partial charge is 0.489 e. The number of pyridine rings is 1. The normalized spacial score (nSPS) is 23.3. The van der Waals surface area contributed by atoms with Crippen molar-refractivity contribution in [2.24, 2.45) is 11.3 Å². The van der Waals surface area contributed by atoms with E-state index in [4.69, 9.17) is 9.47 Å². The number of carbonyl (C=O) groups excluding carboxylic acids is 1. The van der Waals surface area contributed by atoms with Crippen LogP contribution in [0.5, 0.6) is 5.75 Å². The van der Waals surface area contributed by atoms with Gasteiger partial charge in [-0.25, -0.2) is 0 Å². The van der Waals surface area contributed by atoms with Gasteiger partial charge in [0.25, 0.3) is 0 Å². The van der Waals surface area contributed by atoms with Crippen LogP contribution in [0, 0.1) is 11.3 Å². The Morgan fingerprint density at radius 1 is 1.26 bits per heavy atom. The van der Waals surface area contributed by atoms with Gasteiger partial charge in [-0.05, 0) is 36.5 Å². The van der Waals surface area contributed by atoms with Crippen LogP contribution < -0.4 is 4.74 Å². The zero-order valence-corrected chi connectivity index (χ0v) is 13.7. The van der Waals surface area contributed by atoms with Crippen molar-refractivity contribution in [2.45, 2.75) is 33.1 Å². The van der Waals surface area contributed by atoms with Gasteiger partial charge in [-0.1, -0.05) is 32.4 Å². The third-order valence-corrected chi connectivity index (χ3v) is 4.86. The zero-order chi connectivity index (χ0) is 16.3. The smallest absolute Gasteiger partial charge is 0.309 e. The Morgan fingerprint density at radius 3 is 2.83 bits per heavy atom. The number of esters is 1. The predicted octanol–water partition coefficient (Wildman–Crippen LogP) is 3.98. The van der Waals surface area contributed by atoms with Crippen molar-refractivity contribution in [1.29, 1.82) is 0 Å². The molecule has 3 rings (SSSR count). The molecule has 1 heterocycles. The highest BCUT2D eigenvalue weighted by Crippen LogP contribution is 2.48. The van der Waals surface area contributed by atoms with E-state index in [-0.39, 0.29) is 18.5 Å². The fourth-order valence-electron chi connectivity index (χ4n) is 3.19. The van der Waals surface area contributed by atoms with Gasteiger partial charge in [-0.3, -0.25) is 9.78 Å². The maximum absolute atomic E-state index is 12.0. The van der Waals surface area contributed by atoms with Crippen molar-refractivity contribution in [3.05, 3.63) is 36.5 Å². The first-order valence-electron chi connectivity index (χ1n) is 8.24. The molecule has 0 atom stereocenters.